The van der Waals surface area contributed by atoms with E-state index in [1.165, 1.54) is 17.2 Å². The third-order valence-corrected chi connectivity index (χ3v) is 2.74. The van der Waals surface area contributed by atoms with Gasteiger partial charge in [-0.3, -0.25) is 9.69 Å². The van der Waals surface area contributed by atoms with Crippen molar-refractivity contribution in [3.63, 3.8) is 0 Å². The number of aliphatic hydroxyl groups excluding tert-OH is 1. The average molecular weight is 243 g/mol. The zero-order chi connectivity index (χ0) is 11.7. The molecule has 0 saturated carbocycles. The summed E-state index contributed by atoms with van der Waals surface area (Å²) in [5, 5.41) is 18.9. The minimum atomic E-state index is -0.149. The minimum absolute atomic E-state index is 0.0450. The van der Waals surface area contributed by atoms with Gasteiger partial charge in [-0.25, -0.2) is 4.98 Å². The van der Waals surface area contributed by atoms with Crippen LogP contribution in [0.4, 0.5) is 5.82 Å². The first-order chi connectivity index (χ1) is 7.61. The molecule has 6 heteroatoms. The Morgan fingerprint density at radius 2 is 2.38 bits per heavy atom. The van der Waals surface area contributed by atoms with Gasteiger partial charge >= 0.3 is 0 Å². The maximum Gasteiger partial charge on any atom is 0.228 e. The number of hydrogen-bond acceptors (Lipinski definition) is 4. The van der Waals surface area contributed by atoms with Crippen LogP contribution in [0.3, 0.4) is 0 Å². The molecule has 2 rings (SSSR count). The molecule has 2 heterocycles. The summed E-state index contributed by atoms with van der Waals surface area (Å²) in [5.41, 5.74) is 0. The maximum absolute atomic E-state index is 11.6. The molecule has 0 aliphatic carbocycles. The molecule has 1 fully saturated rings. The highest BCUT2D eigenvalue weighted by molar-refractivity contribution is 6.30. The van der Waals surface area contributed by atoms with Crippen LogP contribution < -0.4 is 4.90 Å². The van der Waals surface area contributed by atoms with Crippen molar-refractivity contribution in [2.45, 2.75) is 6.42 Å². The van der Waals surface area contributed by atoms with E-state index in [1.54, 1.807) is 0 Å². The molecule has 1 aliphatic rings. The second kappa shape index (κ2) is 4.27. The lowest BCUT2D eigenvalue weighted by Crippen LogP contribution is -2.25. The molecule has 1 unspecified atom stereocenters. The van der Waals surface area contributed by atoms with Crippen LogP contribution in [-0.4, -0.2) is 34.3 Å². The van der Waals surface area contributed by atoms with E-state index in [0.717, 1.165) is 0 Å². The van der Waals surface area contributed by atoms with E-state index in [0.29, 0.717) is 11.6 Å². The van der Waals surface area contributed by atoms with E-state index in [9.17, 15) is 9.90 Å². The summed E-state index contributed by atoms with van der Waals surface area (Å²) >= 11 is 5.65. The van der Waals surface area contributed by atoms with Crippen molar-refractivity contribution in [3.8, 4) is 5.75 Å². The van der Waals surface area contributed by atoms with Crippen molar-refractivity contribution in [2.75, 3.05) is 18.1 Å². The van der Waals surface area contributed by atoms with Crippen LogP contribution in [0.1, 0.15) is 6.42 Å². The molecular weight excluding hydrogens is 232 g/mol. The number of carbonyl (C=O) groups is 1. The van der Waals surface area contributed by atoms with Crippen molar-refractivity contribution in [3.05, 3.63) is 17.3 Å². The molecule has 1 aliphatic heterocycles. The smallest absolute Gasteiger partial charge is 0.228 e. The van der Waals surface area contributed by atoms with Crippen LogP contribution in [0.2, 0.25) is 5.02 Å². The largest absolute Gasteiger partial charge is 0.504 e. The number of anilines is 1. The van der Waals surface area contributed by atoms with Crippen molar-refractivity contribution in [1.29, 1.82) is 0 Å². The Balaban J connectivity index is 2.28. The van der Waals surface area contributed by atoms with Gasteiger partial charge in [0.05, 0.1) is 5.02 Å². The van der Waals surface area contributed by atoms with Gasteiger partial charge in [0.2, 0.25) is 5.91 Å². The van der Waals surface area contributed by atoms with E-state index >= 15 is 0 Å². The number of rotatable bonds is 2. The molecular formula is C10H11ClN2O3. The predicted molar refractivity (Wildman–Crippen MR) is 58.5 cm³/mol. The third-order valence-electron chi connectivity index (χ3n) is 2.53. The lowest BCUT2D eigenvalue weighted by Gasteiger charge is -2.16. The summed E-state index contributed by atoms with van der Waals surface area (Å²) in [6, 6.07) is 1.34. The van der Waals surface area contributed by atoms with Crippen LogP contribution in [0.5, 0.6) is 5.75 Å². The summed E-state index contributed by atoms with van der Waals surface area (Å²) in [5.74, 6) is -0.168. The fraction of sp³-hybridized carbons (Fsp3) is 0.400. The number of halogens is 1. The first-order valence-electron chi connectivity index (χ1n) is 4.87. The molecule has 0 bridgehead atoms. The second-order valence-electron chi connectivity index (χ2n) is 3.75. The molecule has 16 heavy (non-hydrogen) atoms. The Labute approximate surface area is 97.3 Å². The van der Waals surface area contributed by atoms with Gasteiger partial charge in [0.1, 0.15) is 0 Å². The summed E-state index contributed by atoms with van der Waals surface area (Å²) < 4.78 is 0. The molecule has 5 nitrogen and oxygen atoms in total. The number of nitrogens with zero attached hydrogens (tertiary/aromatic N) is 2. The Bertz CT molecular complexity index is 425. The third kappa shape index (κ3) is 1.96. The molecule has 1 saturated heterocycles. The quantitative estimate of drug-likeness (QED) is 0.804. The van der Waals surface area contributed by atoms with Gasteiger partial charge in [0, 0.05) is 37.8 Å². The highest BCUT2D eigenvalue weighted by Crippen LogP contribution is 2.31. The Hall–Kier alpha value is -1.33. The van der Waals surface area contributed by atoms with Crippen molar-refractivity contribution in [2.24, 2.45) is 5.92 Å². The molecule has 86 valence electrons. The monoisotopic (exact) mass is 242 g/mol. The fourth-order valence-corrected chi connectivity index (χ4v) is 1.89. The van der Waals surface area contributed by atoms with Crippen LogP contribution in [0, 0.1) is 5.92 Å². The summed E-state index contributed by atoms with van der Waals surface area (Å²) in [4.78, 5) is 16.9. The van der Waals surface area contributed by atoms with Crippen molar-refractivity contribution >= 4 is 23.3 Å². The van der Waals surface area contributed by atoms with E-state index in [4.69, 9.17) is 16.7 Å². The fourth-order valence-electron chi connectivity index (χ4n) is 1.74. The maximum atomic E-state index is 11.6. The Morgan fingerprint density at radius 1 is 1.62 bits per heavy atom. The van der Waals surface area contributed by atoms with Crippen molar-refractivity contribution < 1.29 is 15.0 Å². The molecule has 1 aromatic rings. The topological polar surface area (TPSA) is 73.7 Å². The van der Waals surface area contributed by atoms with Crippen LogP contribution in [0.25, 0.3) is 0 Å². The standard InChI is InChI=1S/C10H11ClN2O3/c11-7-2-8(15)10(12-3-7)13-4-6(5-14)1-9(13)16/h2-3,6,14-15H,1,4-5H2. The lowest BCUT2D eigenvalue weighted by molar-refractivity contribution is -0.117. The van der Waals surface area contributed by atoms with E-state index in [1.807, 2.05) is 0 Å². The molecule has 0 spiro atoms. The van der Waals surface area contributed by atoms with Gasteiger partial charge in [-0.15, -0.1) is 0 Å². The Kier molecular flexibility index (Phi) is 2.98. The number of aliphatic hydroxyl groups is 1. The Morgan fingerprint density at radius 3 is 2.94 bits per heavy atom. The average Bonchev–Trinajstić information content (AvgIpc) is 2.60. The first kappa shape index (κ1) is 11.2. The predicted octanol–water partition coefficient (Wildman–Crippen LogP) is 0.786. The van der Waals surface area contributed by atoms with Gasteiger partial charge in [-0.2, -0.15) is 0 Å². The number of amides is 1. The van der Waals surface area contributed by atoms with E-state index < -0.39 is 0 Å². The highest BCUT2D eigenvalue weighted by Gasteiger charge is 2.32. The molecule has 2 N–H and O–H groups in total. The molecule has 1 aromatic heterocycles. The number of pyridine rings is 1. The van der Waals surface area contributed by atoms with Crippen LogP contribution in [-0.2, 0) is 4.79 Å². The summed E-state index contributed by atoms with van der Waals surface area (Å²) in [6.07, 6.45) is 1.65. The number of carbonyl (C=O) groups excluding carboxylic acids is 1. The SMILES string of the molecule is O=C1CC(CO)CN1c1ncc(Cl)cc1O. The van der Waals surface area contributed by atoms with Gasteiger partial charge in [0.15, 0.2) is 11.6 Å². The first-order valence-corrected chi connectivity index (χ1v) is 5.25. The van der Waals surface area contributed by atoms with Gasteiger partial charge in [-0.05, 0) is 0 Å². The molecule has 1 atom stereocenters. The normalized spacial score (nSPS) is 20.5. The zero-order valence-electron chi connectivity index (χ0n) is 8.43. The summed E-state index contributed by atoms with van der Waals surface area (Å²) in [7, 11) is 0. The van der Waals surface area contributed by atoms with Crippen molar-refractivity contribution in [1.82, 2.24) is 4.98 Å². The number of hydrogen-bond donors (Lipinski definition) is 2. The van der Waals surface area contributed by atoms with Gasteiger partial charge in [0.25, 0.3) is 0 Å². The lowest BCUT2D eigenvalue weighted by atomic mass is 10.1. The van der Waals surface area contributed by atoms with Crippen LogP contribution >= 0.6 is 11.6 Å². The number of aromatic nitrogens is 1. The van der Waals surface area contributed by atoms with Crippen LogP contribution in [0.15, 0.2) is 12.3 Å². The number of aromatic hydroxyl groups is 1. The second-order valence-corrected chi connectivity index (χ2v) is 4.19. The molecule has 0 aromatic carbocycles. The summed E-state index contributed by atoms with van der Waals surface area (Å²) in [6.45, 7) is 0.327. The van der Waals surface area contributed by atoms with Gasteiger partial charge < -0.3 is 10.2 Å². The minimum Gasteiger partial charge on any atom is -0.504 e. The van der Waals surface area contributed by atoms with E-state index in [-0.39, 0.29) is 36.4 Å². The highest BCUT2D eigenvalue weighted by atomic mass is 35.5. The zero-order valence-corrected chi connectivity index (χ0v) is 9.18. The molecule has 1 amide bonds. The van der Waals surface area contributed by atoms with Gasteiger partial charge in [-0.1, -0.05) is 11.6 Å². The molecule has 0 radical (unpaired) electrons. The van der Waals surface area contributed by atoms with E-state index in [2.05, 4.69) is 4.98 Å².